The lowest BCUT2D eigenvalue weighted by molar-refractivity contribution is -0.137. The van der Waals surface area contributed by atoms with E-state index in [1.165, 1.54) is 6.07 Å². The summed E-state index contributed by atoms with van der Waals surface area (Å²) in [5.74, 6) is 0.293. The molecule has 1 amide bonds. The molecular formula is C26H31F3N4O2. The maximum atomic E-state index is 13.6. The van der Waals surface area contributed by atoms with Gasteiger partial charge in [0, 0.05) is 36.7 Å². The standard InChI is InChI=1S/C26H31F3N4O2/c1-16-22(25(35)32-12-9-20(10-13-32)33-11-3-6-21(33)15-34)23(17-7-8-17)31-24(30-16)18-4-2-5-19(14-18)26(27,28)29/h2,4-5,14,17,20-21,34H,3,6-13,15H2,1H3/t21-/m0/s1. The SMILES string of the molecule is Cc1nc(-c2cccc(C(F)(F)F)c2)nc(C2CC2)c1C(=O)N1CCC(N2CCC[C@H]2CO)CC1. The van der Waals surface area contributed by atoms with Gasteiger partial charge in [-0.15, -0.1) is 0 Å². The van der Waals surface area contributed by atoms with Gasteiger partial charge in [0.1, 0.15) is 0 Å². The first kappa shape index (κ1) is 24.2. The fourth-order valence-electron chi connectivity index (χ4n) is 5.57. The van der Waals surface area contributed by atoms with Gasteiger partial charge in [-0.2, -0.15) is 13.2 Å². The highest BCUT2D eigenvalue weighted by Gasteiger charge is 2.37. The van der Waals surface area contributed by atoms with Crippen molar-refractivity contribution in [2.24, 2.45) is 0 Å². The van der Waals surface area contributed by atoms with Crippen LogP contribution >= 0.6 is 0 Å². The average molecular weight is 489 g/mol. The van der Waals surface area contributed by atoms with Crippen LogP contribution in [0.4, 0.5) is 13.2 Å². The molecule has 1 aromatic carbocycles. The minimum absolute atomic E-state index is 0.0847. The predicted molar refractivity (Wildman–Crippen MR) is 125 cm³/mol. The number of hydrogen-bond donors (Lipinski definition) is 1. The Morgan fingerprint density at radius 2 is 1.83 bits per heavy atom. The zero-order valence-corrected chi connectivity index (χ0v) is 19.9. The number of nitrogens with zero attached hydrogens (tertiary/aromatic N) is 4. The molecule has 1 N–H and O–H groups in total. The van der Waals surface area contributed by atoms with Gasteiger partial charge in [0.25, 0.3) is 5.91 Å². The van der Waals surface area contributed by atoms with E-state index in [9.17, 15) is 23.1 Å². The molecule has 188 valence electrons. The zero-order chi connectivity index (χ0) is 24.7. The van der Waals surface area contributed by atoms with Crippen molar-refractivity contribution < 1.29 is 23.1 Å². The van der Waals surface area contributed by atoms with E-state index in [4.69, 9.17) is 0 Å². The van der Waals surface area contributed by atoms with E-state index in [2.05, 4.69) is 14.9 Å². The van der Waals surface area contributed by atoms with E-state index in [1.807, 2.05) is 4.90 Å². The summed E-state index contributed by atoms with van der Waals surface area (Å²) in [5.41, 5.74) is 1.25. The van der Waals surface area contributed by atoms with Crippen molar-refractivity contribution in [2.75, 3.05) is 26.2 Å². The van der Waals surface area contributed by atoms with Crippen LogP contribution in [-0.2, 0) is 6.18 Å². The molecule has 1 atom stereocenters. The number of carbonyl (C=O) groups excluding carboxylic acids is 1. The van der Waals surface area contributed by atoms with Gasteiger partial charge in [0.2, 0.25) is 0 Å². The third-order valence-electron chi connectivity index (χ3n) is 7.60. The van der Waals surface area contributed by atoms with Crippen molar-refractivity contribution in [1.29, 1.82) is 0 Å². The van der Waals surface area contributed by atoms with Gasteiger partial charge < -0.3 is 10.0 Å². The lowest BCUT2D eigenvalue weighted by Gasteiger charge is -2.39. The Kier molecular flexibility index (Phi) is 6.57. The number of rotatable bonds is 5. The van der Waals surface area contributed by atoms with Crippen molar-refractivity contribution in [1.82, 2.24) is 19.8 Å². The molecule has 6 nitrogen and oxygen atoms in total. The zero-order valence-electron chi connectivity index (χ0n) is 19.9. The minimum atomic E-state index is -4.45. The Labute approximate surface area is 203 Å². The van der Waals surface area contributed by atoms with Gasteiger partial charge in [0.05, 0.1) is 29.1 Å². The number of amides is 1. The van der Waals surface area contributed by atoms with Crippen LogP contribution in [-0.4, -0.2) is 69.1 Å². The van der Waals surface area contributed by atoms with Gasteiger partial charge in [-0.1, -0.05) is 12.1 Å². The highest BCUT2D eigenvalue weighted by molar-refractivity contribution is 5.97. The molecule has 3 heterocycles. The van der Waals surface area contributed by atoms with Crippen LogP contribution in [0.25, 0.3) is 11.4 Å². The number of aryl methyl sites for hydroxylation is 1. The topological polar surface area (TPSA) is 69.6 Å². The van der Waals surface area contributed by atoms with Crippen LogP contribution in [0.1, 0.15) is 71.8 Å². The molecule has 3 fully saturated rings. The van der Waals surface area contributed by atoms with Crippen molar-refractivity contribution >= 4 is 5.91 Å². The molecule has 35 heavy (non-hydrogen) atoms. The summed E-state index contributed by atoms with van der Waals surface area (Å²) in [6.07, 6.45) is 1.24. The number of benzene rings is 1. The van der Waals surface area contributed by atoms with Crippen LogP contribution in [0.5, 0.6) is 0 Å². The van der Waals surface area contributed by atoms with Crippen LogP contribution < -0.4 is 0 Å². The first-order chi connectivity index (χ1) is 16.8. The second-order valence-corrected chi connectivity index (χ2v) is 9.99. The number of carbonyl (C=O) groups is 1. The van der Waals surface area contributed by atoms with Crippen molar-refractivity contribution in [2.45, 2.75) is 69.6 Å². The van der Waals surface area contributed by atoms with E-state index in [0.717, 1.165) is 57.2 Å². The highest BCUT2D eigenvalue weighted by Crippen LogP contribution is 2.42. The van der Waals surface area contributed by atoms with E-state index in [0.29, 0.717) is 41.6 Å². The number of likely N-dealkylation sites (tertiary alicyclic amines) is 2. The van der Waals surface area contributed by atoms with Gasteiger partial charge in [-0.05, 0) is 64.1 Å². The summed E-state index contributed by atoms with van der Waals surface area (Å²) < 4.78 is 39.7. The van der Waals surface area contributed by atoms with Crippen molar-refractivity contribution in [3.63, 3.8) is 0 Å². The summed E-state index contributed by atoms with van der Waals surface area (Å²) in [5, 5.41) is 9.66. The molecule has 9 heteroatoms. The number of alkyl halides is 3. The van der Waals surface area contributed by atoms with E-state index < -0.39 is 11.7 Å². The summed E-state index contributed by atoms with van der Waals surface area (Å²) in [4.78, 5) is 27.0. The molecule has 0 radical (unpaired) electrons. The second-order valence-electron chi connectivity index (χ2n) is 9.99. The molecule has 1 aromatic heterocycles. The quantitative estimate of drug-likeness (QED) is 0.675. The Bertz CT molecular complexity index is 1090. The van der Waals surface area contributed by atoms with Crippen molar-refractivity contribution in [3.8, 4) is 11.4 Å². The van der Waals surface area contributed by atoms with Crippen LogP contribution in [0.3, 0.4) is 0 Å². The monoisotopic (exact) mass is 488 g/mol. The van der Waals surface area contributed by atoms with Gasteiger partial charge >= 0.3 is 6.18 Å². The summed E-state index contributed by atoms with van der Waals surface area (Å²) in [6, 6.07) is 5.63. The Balaban J connectivity index is 1.37. The molecule has 1 saturated carbocycles. The molecule has 0 unspecified atom stereocenters. The first-order valence-corrected chi connectivity index (χ1v) is 12.5. The maximum Gasteiger partial charge on any atom is 0.416 e. The van der Waals surface area contributed by atoms with Crippen LogP contribution in [0.2, 0.25) is 0 Å². The smallest absolute Gasteiger partial charge is 0.395 e. The first-order valence-electron chi connectivity index (χ1n) is 12.5. The van der Waals surface area contributed by atoms with Gasteiger partial charge in [0.15, 0.2) is 5.82 Å². The number of hydrogen-bond acceptors (Lipinski definition) is 5. The van der Waals surface area contributed by atoms with Crippen LogP contribution in [0, 0.1) is 6.92 Å². The molecule has 3 aliphatic rings. The molecule has 2 saturated heterocycles. The molecule has 0 spiro atoms. The highest BCUT2D eigenvalue weighted by atomic mass is 19.4. The lowest BCUT2D eigenvalue weighted by atomic mass is 9.99. The largest absolute Gasteiger partial charge is 0.416 e. The third-order valence-corrected chi connectivity index (χ3v) is 7.60. The summed E-state index contributed by atoms with van der Waals surface area (Å²) >= 11 is 0. The van der Waals surface area contributed by atoms with Gasteiger partial charge in [-0.25, -0.2) is 9.97 Å². The second kappa shape index (κ2) is 9.50. The van der Waals surface area contributed by atoms with Crippen molar-refractivity contribution in [3.05, 3.63) is 46.8 Å². The Morgan fingerprint density at radius 3 is 2.49 bits per heavy atom. The van der Waals surface area contributed by atoms with E-state index >= 15 is 0 Å². The average Bonchev–Trinajstić information content (AvgIpc) is 3.59. The predicted octanol–water partition coefficient (Wildman–Crippen LogP) is 4.41. The Morgan fingerprint density at radius 1 is 1.09 bits per heavy atom. The number of piperidine rings is 1. The summed E-state index contributed by atoms with van der Waals surface area (Å²) in [7, 11) is 0. The van der Waals surface area contributed by atoms with Gasteiger partial charge in [-0.3, -0.25) is 9.69 Å². The minimum Gasteiger partial charge on any atom is -0.395 e. The molecule has 2 aromatic rings. The number of halogens is 3. The molecule has 0 bridgehead atoms. The summed E-state index contributed by atoms with van der Waals surface area (Å²) in [6.45, 7) is 4.20. The lowest BCUT2D eigenvalue weighted by Crippen LogP contribution is -2.49. The van der Waals surface area contributed by atoms with E-state index in [1.54, 1.807) is 13.0 Å². The number of aromatic nitrogens is 2. The Hall–Kier alpha value is -2.52. The molecular weight excluding hydrogens is 457 g/mol. The fourth-order valence-corrected chi connectivity index (χ4v) is 5.57. The third kappa shape index (κ3) is 4.93. The maximum absolute atomic E-state index is 13.6. The van der Waals surface area contributed by atoms with Crippen LogP contribution in [0.15, 0.2) is 24.3 Å². The number of aliphatic hydroxyl groups is 1. The fraction of sp³-hybridized carbons (Fsp3) is 0.577. The van der Waals surface area contributed by atoms with E-state index in [-0.39, 0.29) is 30.3 Å². The number of aliphatic hydroxyl groups excluding tert-OH is 1. The molecule has 5 rings (SSSR count). The molecule has 1 aliphatic carbocycles. The molecule has 2 aliphatic heterocycles. The normalized spacial score (nSPS) is 22.1.